The van der Waals surface area contributed by atoms with Crippen molar-refractivity contribution in [3.05, 3.63) is 23.8 Å². The Morgan fingerprint density at radius 2 is 2.12 bits per heavy atom. The van der Waals surface area contributed by atoms with E-state index in [9.17, 15) is 9.59 Å². The Hall–Kier alpha value is -2.04. The number of hydrogen-bond acceptors (Lipinski definition) is 5. The van der Waals surface area contributed by atoms with Crippen LogP contribution in [0.2, 0.25) is 0 Å². The molecule has 0 heterocycles. The Balaban J connectivity index is 2.74. The molecule has 0 saturated heterocycles. The zero-order valence-electron chi connectivity index (χ0n) is 9.76. The lowest BCUT2D eigenvalue weighted by Crippen LogP contribution is -2.09. The summed E-state index contributed by atoms with van der Waals surface area (Å²) < 4.78 is 14.9. The highest BCUT2D eigenvalue weighted by Gasteiger charge is 2.10. The van der Waals surface area contributed by atoms with Gasteiger partial charge in [0.25, 0.3) is 0 Å². The molecule has 92 valence electrons. The van der Waals surface area contributed by atoms with Crippen molar-refractivity contribution in [2.45, 2.75) is 6.42 Å². The fourth-order valence-corrected chi connectivity index (χ4v) is 1.28. The summed E-state index contributed by atoms with van der Waals surface area (Å²) >= 11 is 0. The molecule has 0 amide bonds. The van der Waals surface area contributed by atoms with E-state index in [-0.39, 0.29) is 19.0 Å². The van der Waals surface area contributed by atoms with Crippen LogP contribution >= 0.6 is 0 Å². The van der Waals surface area contributed by atoms with Gasteiger partial charge in [0.1, 0.15) is 0 Å². The van der Waals surface area contributed by atoms with Gasteiger partial charge >= 0.3 is 5.97 Å². The lowest BCUT2D eigenvalue weighted by atomic mass is 10.2. The fraction of sp³-hybridized carbons (Fsp3) is 0.333. The van der Waals surface area contributed by atoms with Crippen molar-refractivity contribution >= 4 is 12.3 Å². The zero-order chi connectivity index (χ0) is 12.7. The molecule has 0 aliphatic carbocycles. The number of para-hydroxylation sites is 1. The van der Waals surface area contributed by atoms with Crippen molar-refractivity contribution in [2.75, 3.05) is 20.8 Å². The van der Waals surface area contributed by atoms with E-state index in [1.807, 2.05) is 0 Å². The highest BCUT2D eigenvalue weighted by molar-refractivity contribution is 5.81. The summed E-state index contributed by atoms with van der Waals surface area (Å²) in [6.07, 6.45) is 0.794. The molecule has 0 saturated carbocycles. The lowest BCUT2D eigenvalue weighted by molar-refractivity contribution is -0.141. The standard InChI is InChI=1S/C12H14O5/c1-15-10-5-3-4-9(8-13)12(10)17-7-6-11(14)16-2/h3-5,8H,6-7H2,1-2H3. The minimum atomic E-state index is -0.368. The first-order chi connectivity index (χ1) is 8.22. The molecular formula is C12H14O5. The Kier molecular flexibility index (Phi) is 5.00. The van der Waals surface area contributed by atoms with Gasteiger partial charge in [-0.25, -0.2) is 0 Å². The van der Waals surface area contributed by atoms with Crippen molar-refractivity contribution in [3.8, 4) is 11.5 Å². The zero-order valence-corrected chi connectivity index (χ0v) is 9.76. The minimum Gasteiger partial charge on any atom is -0.493 e. The molecule has 5 heteroatoms. The molecule has 17 heavy (non-hydrogen) atoms. The number of benzene rings is 1. The molecule has 0 fully saturated rings. The van der Waals surface area contributed by atoms with Crippen LogP contribution in [0.25, 0.3) is 0 Å². The van der Waals surface area contributed by atoms with Gasteiger partial charge in [-0.15, -0.1) is 0 Å². The molecule has 0 bridgehead atoms. The van der Waals surface area contributed by atoms with Crippen molar-refractivity contribution in [1.82, 2.24) is 0 Å². The molecule has 5 nitrogen and oxygen atoms in total. The first-order valence-electron chi connectivity index (χ1n) is 5.04. The summed E-state index contributed by atoms with van der Waals surface area (Å²) in [5, 5.41) is 0. The van der Waals surface area contributed by atoms with E-state index >= 15 is 0 Å². The third-order valence-corrected chi connectivity index (χ3v) is 2.14. The van der Waals surface area contributed by atoms with E-state index in [0.29, 0.717) is 23.3 Å². The van der Waals surface area contributed by atoms with Gasteiger partial charge in [-0.05, 0) is 12.1 Å². The Morgan fingerprint density at radius 1 is 1.35 bits per heavy atom. The number of rotatable bonds is 6. The molecule has 0 spiro atoms. The Bertz CT molecular complexity index is 400. The highest BCUT2D eigenvalue weighted by Crippen LogP contribution is 2.29. The summed E-state index contributed by atoms with van der Waals surface area (Å²) in [6, 6.07) is 4.99. The maximum Gasteiger partial charge on any atom is 0.308 e. The first kappa shape index (κ1) is 13.0. The van der Waals surface area contributed by atoms with Crippen LogP contribution in [0.15, 0.2) is 18.2 Å². The highest BCUT2D eigenvalue weighted by atomic mass is 16.5. The van der Waals surface area contributed by atoms with Crippen molar-refractivity contribution in [2.24, 2.45) is 0 Å². The van der Waals surface area contributed by atoms with Crippen LogP contribution in [0, 0.1) is 0 Å². The van der Waals surface area contributed by atoms with E-state index in [0.717, 1.165) is 0 Å². The van der Waals surface area contributed by atoms with Crippen LogP contribution in [0.1, 0.15) is 16.8 Å². The second-order valence-corrected chi connectivity index (χ2v) is 3.17. The molecule has 0 N–H and O–H groups in total. The van der Waals surface area contributed by atoms with Gasteiger partial charge in [0, 0.05) is 0 Å². The summed E-state index contributed by atoms with van der Waals surface area (Å²) in [4.78, 5) is 21.7. The quantitative estimate of drug-likeness (QED) is 0.554. The maximum absolute atomic E-state index is 10.9. The minimum absolute atomic E-state index is 0.118. The normalized spacial score (nSPS) is 9.53. The van der Waals surface area contributed by atoms with E-state index in [1.165, 1.54) is 14.2 Å². The predicted octanol–water partition coefficient (Wildman–Crippen LogP) is 1.45. The predicted molar refractivity (Wildman–Crippen MR) is 60.5 cm³/mol. The van der Waals surface area contributed by atoms with Crippen LogP contribution in [0.3, 0.4) is 0 Å². The second kappa shape index (κ2) is 6.52. The number of aldehydes is 1. The molecule has 1 aromatic carbocycles. The van der Waals surface area contributed by atoms with Crippen LogP contribution in [0.5, 0.6) is 11.5 Å². The number of carbonyl (C=O) groups is 2. The number of ether oxygens (including phenoxy) is 3. The molecule has 1 aromatic rings. The van der Waals surface area contributed by atoms with E-state index in [2.05, 4.69) is 4.74 Å². The average molecular weight is 238 g/mol. The van der Waals surface area contributed by atoms with Crippen molar-refractivity contribution in [3.63, 3.8) is 0 Å². The van der Waals surface area contributed by atoms with Crippen molar-refractivity contribution < 1.29 is 23.8 Å². The molecule has 0 radical (unpaired) electrons. The van der Waals surface area contributed by atoms with Gasteiger partial charge < -0.3 is 14.2 Å². The van der Waals surface area contributed by atoms with E-state index in [1.54, 1.807) is 18.2 Å². The first-order valence-corrected chi connectivity index (χ1v) is 5.04. The largest absolute Gasteiger partial charge is 0.493 e. The molecule has 0 unspecified atom stereocenters. The molecule has 1 rings (SSSR count). The number of carbonyl (C=O) groups excluding carboxylic acids is 2. The maximum atomic E-state index is 10.9. The molecule has 0 atom stereocenters. The van der Waals surface area contributed by atoms with E-state index in [4.69, 9.17) is 9.47 Å². The molecular weight excluding hydrogens is 224 g/mol. The van der Waals surface area contributed by atoms with Crippen LogP contribution in [-0.2, 0) is 9.53 Å². The van der Waals surface area contributed by atoms with Gasteiger partial charge in [-0.1, -0.05) is 6.07 Å². The topological polar surface area (TPSA) is 61.8 Å². The smallest absolute Gasteiger partial charge is 0.308 e. The summed E-state index contributed by atoms with van der Waals surface area (Å²) in [7, 11) is 2.79. The monoisotopic (exact) mass is 238 g/mol. The molecule has 0 aliphatic heterocycles. The number of methoxy groups -OCH3 is 2. The fourth-order valence-electron chi connectivity index (χ4n) is 1.28. The van der Waals surface area contributed by atoms with Crippen LogP contribution in [-0.4, -0.2) is 33.1 Å². The van der Waals surface area contributed by atoms with Gasteiger partial charge in [-0.3, -0.25) is 9.59 Å². The van der Waals surface area contributed by atoms with Gasteiger partial charge in [0.2, 0.25) is 0 Å². The summed E-state index contributed by atoms with van der Waals surface area (Å²) in [6.45, 7) is 0.133. The van der Waals surface area contributed by atoms with Gasteiger partial charge in [0.15, 0.2) is 17.8 Å². The number of hydrogen-bond donors (Lipinski definition) is 0. The summed E-state index contributed by atoms with van der Waals surface area (Å²) in [5.41, 5.74) is 0.384. The third-order valence-electron chi connectivity index (χ3n) is 2.14. The molecule has 0 aromatic heterocycles. The summed E-state index contributed by atoms with van der Waals surface area (Å²) in [5.74, 6) is 0.431. The van der Waals surface area contributed by atoms with Crippen LogP contribution < -0.4 is 9.47 Å². The Labute approximate surface area is 99.3 Å². The van der Waals surface area contributed by atoms with Gasteiger partial charge in [-0.2, -0.15) is 0 Å². The lowest BCUT2D eigenvalue weighted by Gasteiger charge is -2.11. The van der Waals surface area contributed by atoms with Crippen LogP contribution in [0.4, 0.5) is 0 Å². The Morgan fingerprint density at radius 3 is 2.71 bits per heavy atom. The third kappa shape index (κ3) is 3.48. The van der Waals surface area contributed by atoms with E-state index < -0.39 is 0 Å². The SMILES string of the molecule is COC(=O)CCOc1c(C=O)cccc1OC. The average Bonchev–Trinajstić information content (AvgIpc) is 2.38. The van der Waals surface area contributed by atoms with Gasteiger partial charge in [0.05, 0.1) is 32.8 Å². The number of esters is 1. The molecule has 0 aliphatic rings. The van der Waals surface area contributed by atoms with Crippen molar-refractivity contribution in [1.29, 1.82) is 0 Å². The second-order valence-electron chi connectivity index (χ2n) is 3.17.